The maximum atomic E-state index is 12.5. The molecule has 1 fully saturated rings. The molecular formula is C19H26N4O3S. The first-order valence-corrected chi connectivity index (χ1v) is 9.97. The summed E-state index contributed by atoms with van der Waals surface area (Å²) in [4.78, 5) is 19.3. The van der Waals surface area contributed by atoms with Crippen LogP contribution in [0.25, 0.3) is 0 Å². The number of anilines is 1. The lowest BCUT2D eigenvalue weighted by molar-refractivity contribution is -0.122. The van der Waals surface area contributed by atoms with Gasteiger partial charge in [-0.3, -0.25) is 4.79 Å². The van der Waals surface area contributed by atoms with Gasteiger partial charge in [0, 0.05) is 44.8 Å². The van der Waals surface area contributed by atoms with Crippen LogP contribution in [0.5, 0.6) is 5.75 Å². The lowest BCUT2D eigenvalue weighted by atomic mass is 10.1. The van der Waals surface area contributed by atoms with Crippen molar-refractivity contribution in [2.45, 2.75) is 31.7 Å². The number of rotatable bonds is 9. The average molecular weight is 391 g/mol. The van der Waals surface area contributed by atoms with Crippen LogP contribution in [-0.4, -0.2) is 55.2 Å². The lowest BCUT2D eigenvalue weighted by Crippen LogP contribution is -2.43. The molecule has 1 aromatic heterocycles. The molecule has 1 amide bonds. The van der Waals surface area contributed by atoms with Gasteiger partial charge in [0.2, 0.25) is 11.0 Å². The summed E-state index contributed by atoms with van der Waals surface area (Å²) < 4.78 is 14.8. The molecule has 1 atom stereocenters. The fourth-order valence-corrected chi connectivity index (χ4v) is 3.97. The zero-order valence-electron chi connectivity index (χ0n) is 15.8. The number of hydrogen-bond donors (Lipinski definition) is 1. The number of nitrogens with zero attached hydrogens (tertiary/aromatic N) is 3. The van der Waals surface area contributed by atoms with E-state index in [9.17, 15) is 4.79 Å². The molecule has 1 saturated heterocycles. The Morgan fingerprint density at radius 3 is 3.11 bits per heavy atom. The molecule has 1 unspecified atom stereocenters. The van der Waals surface area contributed by atoms with Gasteiger partial charge in [-0.2, -0.15) is 4.37 Å². The second kappa shape index (κ2) is 9.66. The van der Waals surface area contributed by atoms with Crippen molar-refractivity contribution < 1.29 is 14.3 Å². The fraction of sp³-hybridized carbons (Fsp3) is 0.526. The first-order chi connectivity index (χ1) is 13.2. The standard InChI is InChI=1S/C19H26N4O3S/c1-25-11-5-9-20-18(24)16-8-4-10-23(16)19-21-17(22-27-19)13-14-6-3-7-15(12-14)26-2/h3,6-7,12,16H,4-5,8-11,13H2,1-2H3,(H,20,24). The Balaban J connectivity index is 1.61. The quantitative estimate of drug-likeness (QED) is 0.662. The number of ether oxygens (including phenoxy) is 2. The predicted molar refractivity (Wildman–Crippen MR) is 106 cm³/mol. The predicted octanol–water partition coefficient (Wildman–Crippen LogP) is 2.26. The number of carbonyl (C=O) groups excluding carboxylic acids is 1. The van der Waals surface area contributed by atoms with E-state index in [4.69, 9.17) is 9.47 Å². The summed E-state index contributed by atoms with van der Waals surface area (Å²) in [7, 11) is 3.32. The first kappa shape index (κ1) is 19.6. The SMILES string of the molecule is COCCCNC(=O)C1CCCN1c1nc(Cc2cccc(OC)c2)ns1. The highest BCUT2D eigenvalue weighted by Crippen LogP contribution is 2.28. The third kappa shape index (κ3) is 5.17. The molecule has 1 aliphatic heterocycles. The highest BCUT2D eigenvalue weighted by Gasteiger charge is 2.32. The maximum absolute atomic E-state index is 12.5. The van der Waals surface area contributed by atoms with Gasteiger partial charge in [-0.1, -0.05) is 12.1 Å². The summed E-state index contributed by atoms with van der Waals surface area (Å²) in [5.41, 5.74) is 1.10. The molecular weight excluding hydrogens is 364 g/mol. The van der Waals surface area contributed by atoms with Gasteiger partial charge in [-0.25, -0.2) is 4.98 Å². The van der Waals surface area contributed by atoms with Crippen molar-refractivity contribution in [1.82, 2.24) is 14.7 Å². The van der Waals surface area contributed by atoms with Crippen molar-refractivity contribution in [2.75, 3.05) is 38.8 Å². The van der Waals surface area contributed by atoms with Crippen molar-refractivity contribution in [3.8, 4) is 5.75 Å². The van der Waals surface area contributed by atoms with E-state index >= 15 is 0 Å². The zero-order valence-corrected chi connectivity index (χ0v) is 16.6. The van der Waals surface area contributed by atoms with E-state index in [1.54, 1.807) is 14.2 Å². The normalized spacial score (nSPS) is 16.5. The number of nitrogens with one attached hydrogen (secondary N) is 1. The van der Waals surface area contributed by atoms with E-state index in [0.717, 1.165) is 48.1 Å². The van der Waals surface area contributed by atoms with Crippen LogP contribution >= 0.6 is 11.5 Å². The second-order valence-electron chi connectivity index (χ2n) is 6.51. The number of benzene rings is 1. The number of aromatic nitrogens is 2. The van der Waals surface area contributed by atoms with Crippen LogP contribution in [0, 0.1) is 0 Å². The van der Waals surface area contributed by atoms with Gasteiger partial charge in [-0.15, -0.1) is 0 Å². The van der Waals surface area contributed by atoms with Crippen molar-refractivity contribution in [3.05, 3.63) is 35.7 Å². The zero-order chi connectivity index (χ0) is 19.1. The molecule has 0 spiro atoms. The number of amides is 1. The van der Waals surface area contributed by atoms with Gasteiger partial charge < -0.3 is 19.7 Å². The molecule has 7 nitrogen and oxygen atoms in total. The van der Waals surface area contributed by atoms with E-state index in [2.05, 4.69) is 19.6 Å². The molecule has 1 aliphatic rings. The number of hydrogen-bond acceptors (Lipinski definition) is 7. The Kier molecular flexibility index (Phi) is 7.00. The van der Waals surface area contributed by atoms with Crippen LogP contribution < -0.4 is 15.0 Å². The topological polar surface area (TPSA) is 76.6 Å². The van der Waals surface area contributed by atoms with Gasteiger partial charge in [-0.05, 0) is 37.0 Å². The van der Waals surface area contributed by atoms with Crippen LogP contribution in [0.15, 0.2) is 24.3 Å². The Bertz CT molecular complexity index is 752. The van der Waals surface area contributed by atoms with Gasteiger partial charge >= 0.3 is 0 Å². The van der Waals surface area contributed by atoms with Crippen molar-refractivity contribution in [1.29, 1.82) is 0 Å². The highest BCUT2D eigenvalue weighted by molar-refractivity contribution is 7.09. The summed E-state index contributed by atoms with van der Waals surface area (Å²) in [6.07, 6.45) is 3.30. The molecule has 3 rings (SSSR count). The minimum Gasteiger partial charge on any atom is -0.497 e. The van der Waals surface area contributed by atoms with Crippen LogP contribution in [0.3, 0.4) is 0 Å². The molecule has 0 aliphatic carbocycles. The summed E-state index contributed by atoms with van der Waals surface area (Å²) in [5, 5.41) is 3.82. The Hall–Kier alpha value is -2.19. The van der Waals surface area contributed by atoms with Crippen LogP contribution in [0.2, 0.25) is 0 Å². The molecule has 2 aromatic rings. The minimum absolute atomic E-state index is 0.0631. The van der Waals surface area contributed by atoms with Crippen molar-refractivity contribution in [2.24, 2.45) is 0 Å². The third-order valence-corrected chi connectivity index (χ3v) is 5.37. The van der Waals surface area contributed by atoms with E-state index in [0.29, 0.717) is 19.6 Å². The van der Waals surface area contributed by atoms with Crippen LogP contribution in [0.1, 0.15) is 30.7 Å². The van der Waals surface area contributed by atoms with E-state index in [1.807, 2.05) is 24.3 Å². The monoisotopic (exact) mass is 390 g/mol. The lowest BCUT2D eigenvalue weighted by Gasteiger charge is -2.22. The molecule has 0 radical (unpaired) electrons. The van der Waals surface area contributed by atoms with Gasteiger partial charge in [0.05, 0.1) is 7.11 Å². The molecule has 27 heavy (non-hydrogen) atoms. The summed E-state index contributed by atoms with van der Waals surface area (Å²) in [5.74, 6) is 1.66. The van der Waals surface area contributed by atoms with Crippen LogP contribution in [-0.2, 0) is 16.0 Å². The second-order valence-corrected chi connectivity index (χ2v) is 7.24. The highest BCUT2D eigenvalue weighted by atomic mass is 32.1. The molecule has 0 saturated carbocycles. The fourth-order valence-electron chi connectivity index (χ4n) is 3.21. The Morgan fingerprint density at radius 1 is 1.41 bits per heavy atom. The van der Waals surface area contributed by atoms with Gasteiger partial charge in [0.25, 0.3) is 0 Å². The first-order valence-electron chi connectivity index (χ1n) is 9.20. The van der Waals surface area contributed by atoms with E-state index in [-0.39, 0.29) is 11.9 Å². The maximum Gasteiger partial charge on any atom is 0.242 e. The molecule has 2 heterocycles. The number of methoxy groups -OCH3 is 2. The molecule has 1 N–H and O–H groups in total. The van der Waals surface area contributed by atoms with Gasteiger partial charge in [0.15, 0.2) is 0 Å². The van der Waals surface area contributed by atoms with E-state index in [1.165, 1.54) is 11.5 Å². The summed E-state index contributed by atoms with van der Waals surface area (Å²) >= 11 is 1.36. The summed E-state index contributed by atoms with van der Waals surface area (Å²) in [6, 6.07) is 7.75. The van der Waals surface area contributed by atoms with Crippen molar-refractivity contribution >= 4 is 22.6 Å². The summed E-state index contributed by atoms with van der Waals surface area (Å²) in [6.45, 7) is 2.12. The molecule has 0 bridgehead atoms. The van der Waals surface area contributed by atoms with E-state index < -0.39 is 0 Å². The molecule has 146 valence electrons. The average Bonchev–Trinajstić information content (AvgIpc) is 3.34. The third-order valence-electron chi connectivity index (χ3n) is 4.58. The van der Waals surface area contributed by atoms with Gasteiger partial charge in [0.1, 0.15) is 17.6 Å². The van der Waals surface area contributed by atoms with Crippen LogP contribution in [0.4, 0.5) is 5.13 Å². The van der Waals surface area contributed by atoms with Crippen molar-refractivity contribution in [3.63, 3.8) is 0 Å². The Morgan fingerprint density at radius 2 is 2.30 bits per heavy atom. The largest absolute Gasteiger partial charge is 0.497 e. The smallest absolute Gasteiger partial charge is 0.242 e. The molecule has 1 aromatic carbocycles. The molecule has 8 heteroatoms. The minimum atomic E-state index is -0.162. The Labute approximate surface area is 163 Å². The number of carbonyl (C=O) groups is 1.